The van der Waals surface area contributed by atoms with Crippen LogP contribution in [0.1, 0.15) is 0 Å². The van der Waals surface area contributed by atoms with E-state index >= 15 is 0 Å². The van der Waals surface area contributed by atoms with Crippen LogP contribution in [-0.2, 0) is 7.05 Å². The predicted octanol–water partition coefficient (Wildman–Crippen LogP) is 0.800. The number of aromatic nitrogens is 1. The normalized spacial score (nSPS) is 9.25. The second-order valence-electron chi connectivity index (χ2n) is 1.67. The molecular weight excluding hydrogens is 118 g/mol. The summed E-state index contributed by atoms with van der Waals surface area (Å²) < 4.78 is 1.95. The number of thiol groups is 1. The molecule has 0 N–H and O–H groups in total. The number of nitrogens with zero attached hydrogens (tertiary/aromatic N) is 1. The highest BCUT2D eigenvalue weighted by molar-refractivity contribution is 7.80. The molecule has 1 aromatic heterocycles. The van der Waals surface area contributed by atoms with E-state index in [2.05, 4.69) is 12.6 Å². The predicted molar refractivity (Wildman–Crippen MR) is 34.9 cm³/mol. The zero-order valence-electron chi connectivity index (χ0n) is 4.70. The molecule has 0 aliphatic carbocycles. The van der Waals surface area contributed by atoms with Gasteiger partial charge in [-0.15, -0.1) is 0 Å². The Bertz CT molecular complexity index is 165. The molecule has 0 fully saturated rings. The van der Waals surface area contributed by atoms with Crippen molar-refractivity contribution in [1.29, 1.82) is 0 Å². The highest BCUT2D eigenvalue weighted by Gasteiger charge is 1.93. The van der Waals surface area contributed by atoms with E-state index < -0.39 is 0 Å². The highest BCUT2D eigenvalue weighted by atomic mass is 32.1. The van der Waals surface area contributed by atoms with Crippen LogP contribution in [-0.4, -0.2) is 0 Å². The summed E-state index contributed by atoms with van der Waals surface area (Å²) in [6.07, 6.45) is 1.96. The van der Waals surface area contributed by atoms with Gasteiger partial charge in [0.2, 0.25) is 5.03 Å². The highest BCUT2D eigenvalue weighted by Crippen LogP contribution is 1.92. The molecule has 1 aromatic rings. The lowest BCUT2D eigenvalue weighted by Crippen LogP contribution is -2.28. The van der Waals surface area contributed by atoms with Crippen LogP contribution >= 0.6 is 12.6 Å². The van der Waals surface area contributed by atoms with Crippen molar-refractivity contribution in [2.45, 2.75) is 5.03 Å². The zero-order chi connectivity index (χ0) is 5.98. The fourth-order valence-electron chi connectivity index (χ4n) is 0.514. The lowest BCUT2D eigenvalue weighted by Gasteiger charge is -1.86. The van der Waals surface area contributed by atoms with Crippen molar-refractivity contribution in [2.24, 2.45) is 7.05 Å². The van der Waals surface area contributed by atoms with Gasteiger partial charge >= 0.3 is 0 Å². The maximum atomic E-state index is 4.16. The number of pyridine rings is 1. The Morgan fingerprint density at radius 1 is 1.50 bits per heavy atom. The van der Waals surface area contributed by atoms with Gasteiger partial charge in [0.15, 0.2) is 6.20 Å². The van der Waals surface area contributed by atoms with Crippen LogP contribution < -0.4 is 4.57 Å². The van der Waals surface area contributed by atoms with Crippen LogP contribution in [0.2, 0.25) is 0 Å². The van der Waals surface area contributed by atoms with E-state index in [1.165, 1.54) is 0 Å². The topological polar surface area (TPSA) is 3.88 Å². The van der Waals surface area contributed by atoms with Gasteiger partial charge in [0, 0.05) is 12.1 Å². The van der Waals surface area contributed by atoms with E-state index in [-0.39, 0.29) is 0 Å². The van der Waals surface area contributed by atoms with Gasteiger partial charge in [-0.3, -0.25) is 0 Å². The maximum Gasteiger partial charge on any atom is 0.236 e. The number of aryl methyl sites for hydroxylation is 1. The van der Waals surface area contributed by atoms with Gasteiger partial charge in [-0.05, 0) is 6.07 Å². The molecule has 42 valence electrons. The standard InChI is InChI=1S/C6H7NS/c1-7-5-3-2-4-6(7)8/h2-5H,1H3/p+1. The summed E-state index contributed by atoms with van der Waals surface area (Å²) in [5.74, 6) is 0. The third kappa shape index (κ3) is 1.01. The van der Waals surface area contributed by atoms with Gasteiger partial charge in [0.05, 0.1) is 0 Å². The van der Waals surface area contributed by atoms with E-state index in [0.717, 1.165) is 5.03 Å². The minimum Gasteiger partial charge on any atom is -0.196 e. The Kier molecular flexibility index (Phi) is 1.53. The molecule has 0 aliphatic rings. The average molecular weight is 126 g/mol. The monoisotopic (exact) mass is 126 g/mol. The second kappa shape index (κ2) is 2.18. The summed E-state index contributed by atoms with van der Waals surface area (Å²) >= 11 is 4.16. The Morgan fingerprint density at radius 3 is 2.62 bits per heavy atom. The average Bonchev–Trinajstić information content (AvgIpc) is 1.77. The van der Waals surface area contributed by atoms with Crippen molar-refractivity contribution >= 4 is 12.6 Å². The van der Waals surface area contributed by atoms with Gasteiger partial charge in [0.25, 0.3) is 0 Å². The van der Waals surface area contributed by atoms with Crippen molar-refractivity contribution in [1.82, 2.24) is 0 Å². The quantitative estimate of drug-likeness (QED) is 0.387. The van der Waals surface area contributed by atoms with E-state index in [4.69, 9.17) is 0 Å². The molecule has 2 heteroatoms. The fraction of sp³-hybridized carbons (Fsp3) is 0.167. The molecule has 0 atom stereocenters. The Labute approximate surface area is 54.4 Å². The molecule has 1 rings (SSSR count). The second-order valence-corrected chi connectivity index (χ2v) is 2.13. The molecular formula is C6H8NS+. The molecule has 0 radical (unpaired) electrons. The number of hydrogen-bond acceptors (Lipinski definition) is 1. The number of rotatable bonds is 0. The van der Waals surface area contributed by atoms with Crippen molar-refractivity contribution in [3.05, 3.63) is 24.4 Å². The first-order valence-electron chi connectivity index (χ1n) is 2.44. The van der Waals surface area contributed by atoms with Crippen LogP contribution in [0.25, 0.3) is 0 Å². The molecule has 0 saturated carbocycles. The van der Waals surface area contributed by atoms with Gasteiger partial charge in [-0.2, -0.15) is 4.57 Å². The van der Waals surface area contributed by atoms with Gasteiger partial charge < -0.3 is 0 Å². The van der Waals surface area contributed by atoms with E-state index in [9.17, 15) is 0 Å². The van der Waals surface area contributed by atoms with Gasteiger partial charge in [-0.1, -0.05) is 12.6 Å². The minimum atomic E-state index is 0.979. The van der Waals surface area contributed by atoms with E-state index in [1.54, 1.807) is 0 Å². The van der Waals surface area contributed by atoms with Crippen LogP contribution in [0.15, 0.2) is 29.4 Å². The van der Waals surface area contributed by atoms with Crippen LogP contribution in [0.3, 0.4) is 0 Å². The maximum absolute atomic E-state index is 4.16. The lowest BCUT2D eigenvalue weighted by molar-refractivity contribution is -0.708. The molecule has 1 nitrogen and oxygen atoms in total. The zero-order valence-corrected chi connectivity index (χ0v) is 5.60. The van der Waals surface area contributed by atoms with Crippen molar-refractivity contribution in [3.63, 3.8) is 0 Å². The molecule has 0 spiro atoms. The molecule has 1 heterocycles. The molecule has 0 aromatic carbocycles. The Morgan fingerprint density at radius 2 is 2.25 bits per heavy atom. The first-order valence-corrected chi connectivity index (χ1v) is 2.89. The molecule has 8 heavy (non-hydrogen) atoms. The van der Waals surface area contributed by atoms with Crippen LogP contribution in [0, 0.1) is 0 Å². The van der Waals surface area contributed by atoms with Gasteiger partial charge in [0.1, 0.15) is 7.05 Å². The fourth-order valence-corrected chi connectivity index (χ4v) is 0.667. The summed E-state index contributed by atoms with van der Waals surface area (Å²) in [7, 11) is 1.96. The Balaban J connectivity index is 3.13. The van der Waals surface area contributed by atoms with Crippen LogP contribution in [0.5, 0.6) is 0 Å². The summed E-state index contributed by atoms with van der Waals surface area (Å²) in [5, 5.41) is 0.979. The summed E-state index contributed by atoms with van der Waals surface area (Å²) in [5.41, 5.74) is 0. The van der Waals surface area contributed by atoms with Gasteiger partial charge in [-0.25, -0.2) is 0 Å². The largest absolute Gasteiger partial charge is 0.236 e. The SMILES string of the molecule is C[n+]1ccccc1S. The molecule has 0 aliphatic heterocycles. The minimum absolute atomic E-state index is 0.979. The number of hydrogen-bond donors (Lipinski definition) is 1. The summed E-state index contributed by atoms with van der Waals surface area (Å²) in [6, 6.07) is 5.88. The molecule has 0 amide bonds. The molecule has 0 saturated heterocycles. The van der Waals surface area contributed by atoms with Crippen molar-refractivity contribution in [3.8, 4) is 0 Å². The molecule has 0 unspecified atom stereocenters. The summed E-state index contributed by atoms with van der Waals surface area (Å²) in [6.45, 7) is 0. The van der Waals surface area contributed by atoms with Crippen molar-refractivity contribution < 1.29 is 4.57 Å². The van der Waals surface area contributed by atoms with Crippen molar-refractivity contribution in [2.75, 3.05) is 0 Å². The first kappa shape index (κ1) is 5.63. The molecule has 0 bridgehead atoms. The summed E-state index contributed by atoms with van der Waals surface area (Å²) in [4.78, 5) is 0. The lowest BCUT2D eigenvalue weighted by atomic mass is 10.5. The van der Waals surface area contributed by atoms with E-state index in [1.807, 2.05) is 36.0 Å². The Hall–Kier alpha value is -0.500. The third-order valence-electron chi connectivity index (χ3n) is 1.03. The first-order chi connectivity index (χ1) is 3.80. The van der Waals surface area contributed by atoms with Crippen LogP contribution in [0.4, 0.5) is 0 Å². The smallest absolute Gasteiger partial charge is 0.196 e. The van der Waals surface area contributed by atoms with E-state index in [0.29, 0.717) is 0 Å². The third-order valence-corrected chi connectivity index (χ3v) is 1.49.